The summed E-state index contributed by atoms with van der Waals surface area (Å²) in [6, 6.07) is 1.99. The van der Waals surface area contributed by atoms with Crippen molar-refractivity contribution in [2.75, 3.05) is 7.11 Å². The van der Waals surface area contributed by atoms with Crippen LogP contribution in [0.5, 0.6) is 11.5 Å². The summed E-state index contributed by atoms with van der Waals surface area (Å²) < 4.78 is 20.2. The van der Waals surface area contributed by atoms with Crippen molar-refractivity contribution >= 4 is 17.7 Å². The first kappa shape index (κ1) is 21.7. The summed E-state index contributed by atoms with van der Waals surface area (Å²) in [6.07, 6.45) is 1.38. The number of carbonyl (C=O) groups is 2. The zero-order valence-electron chi connectivity index (χ0n) is 16.5. The number of ether oxygens (including phenoxy) is 3. The molecule has 2 aromatic rings. The molecule has 0 fully saturated rings. The Morgan fingerprint density at radius 2 is 2.00 bits per heavy atom. The first-order chi connectivity index (χ1) is 13.5. The Kier molecular flexibility index (Phi) is 6.42. The Hall–Kier alpha value is -3.63. The first-order valence-corrected chi connectivity index (χ1v) is 8.48. The van der Waals surface area contributed by atoms with E-state index in [0.717, 1.165) is 12.7 Å². The van der Waals surface area contributed by atoms with Crippen molar-refractivity contribution in [3.8, 4) is 11.5 Å². The number of benzene rings is 1. The van der Waals surface area contributed by atoms with Gasteiger partial charge in [-0.15, -0.1) is 0 Å². The zero-order valence-corrected chi connectivity index (χ0v) is 16.5. The van der Waals surface area contributed by atoms with Crippen LogP contribution < -0.4 is 14.8 Å². The third-order valence-electron chi connectivity index (χ3n) is 3.56. The van der Waals surface area contributed by atoms with Gasteiger partial charge in [0.25, 0.3) is 0 Å². The number of aromatic nitrogens is 1. The van der Waals surface area contributed by atoms with Gasteiger partial charge in [0.2, 0.25) is 11.5 Å². The molecule has 0 bridgehead atoms. The van der Waals surface area contributed by atoms with Crippen molar-refractivity contribution in [3.05, 3.63) is 46.2 Å². The van der Waals surface area contributed by atoms with Crippen molar-refractivity contribution in [1.82, 2.24) is 10.3 Å². The van der Waals surface area contributed by atoms with E-state index in [1.54, 1.807) is 27.7 Å². The van der Waals surface area contributed by atoms with E-state index in [-0.39, 0.29) is 17.2 Å². The van der Waals surface area contributed by atoms with Gasteiger partial charge in [0, 0.05) is 5.56 Å². The van der Waals surface area contributed by atoms with Gasteiger partial charge in [-0.25, -0.2) is 14.6 Å². The lowest BCUT2D eigenvalue weighted by Crippen LogP contribution is -2.34. The van der Waals surface area contributed by atoms with Crippen LogP contribution in [0.1, 0.15) is 49.8 Å². The van der Waals surface area contributed by atoms with E-state index in [4.69, 9.17) is 18.6 Å². The number of nitrogens with zero attached hydrogens (tertiary/aromatic N) is 2. The molecule has 0 aliphatic heterocycles. The number of methoxy groups -OCH3 is 1. The standard InChI is InChI=1S/C18H21N3O8/c1-10(20-17(23)29-18(2,3)4)11-6-7-13(14(21(24)25)15(11)26-5)28-16(22)12-8-27-9-19-12/h6-10H,1-5H3,(H,20,23)/t10-/m0/s1. The van der Waals surface area contributed by atoms with Crippen LogP contribution >= 0.6 is 0 Å². The monoisotopic (exact) mass is 407 g/mol. The number of nitrogens with one attached hydrogen (secondary N) is 1. The molecule has 0 spiro atoms. The highest BCUT2D eigenvalue weighted by molar-refractivity contribution is 5.89. The van der Waals surface area contributed by atoms with Gasteiger partial charge < -0.3 is 23.9 Å². The van der Waals surface area contributed by atoms with Crippen molar-refractivity contribution in [2.45, 2.75) is 39.3 Å². The predicted molar refractivity (Wildman–Crippen MR) is 98.9 cm³/mol. The van der Waals surface area contributed by atoms with Crippen LogP contribution in [-0.2, 0) is 4.74 Å². The van der Waals surface area contributed by atoms with Gasteiger partial charge in [-0.05, 0) is 39.8 Å². The maximum atomic E-state index is 12.1. The van der Waals surface area contributed by atoms with Crippen LogP contribution in [0.25, 0.3) is 0 Å². The Morgan fingerprint density at radius 1 is 1.31 bits per heavy atom. The number of rotatable bonds is 6. The second-order valence-corrected chi connectivity index (χ2v) is 6.92. The van der Waals surface area contributed by atoms with E-state index >= 15 is 0 Å². The molecule has 0 unspecified atom stereocenters. The number of alkyl carbamates (subject to hydrolysis) is 1. The summed E-state index contributed by atoms with van der Waals surface area (Å²) in [5.41, 5.74) is -1.13. The Labute approximate surface area is 166 Å². The molecule has 1 amide bonds. The zero-order chi connectivity index (χ0) is 21.8. The quantitative estimate of drug-likeness (QED) is 0.330. The molecule has 11 heteroatoms. The highest BCUT2D eigenvalue weighted by Gasteiger charge is 2.30. The highest BCUT2D eigenvalue weighted by Crippen LogP contribution is 2.42. The lowest BCUT2D eigenvalue weighted by atomic mass is 10.1. The Balaban J connectivity index is 2.35. The van der Waals surface area contributed by atoms with Crippen LogP contribution in [0.15, 0.2) is 29.2 Å². The summed E-state index contributed by atoms with van der Waals surface area (Å²) in [5, 5.41) is 14.2. The van der Waals surface area contributed by atoms with Gasteiger partial charge in [-0.3, -0.25) is 10.1 Å². The minimum Gasteiger partial charge on any atom is -0.490 e. The van der Waals surface area contributed by atoms with E-state index < -0.39 is 34.3 Å². The molecule has 0 saturated carbocycles. The largest absolute Gasteiger partial charge is 0.490 e. The fourth-order valence-corrected chi connectivity index (χ4v) is 2.41. The molecule has 1 aromatic carbocycles. The molecule has 0 aliphatic carbocycles. The fourth-order valence-electron chi connectivity index (χ4n) is 2.41. The number of oxazole rings is 1. The number of nitro groups is 1. The summed E-state index contributed by atoms with van der Waals surface area (Å²) in [5.74, 6) is -1.44. The Bertz CT molecular complexity index is 903. The van der Waals surface area contributed by atoms with Crippen molar-refractivity contribution in [1.29, 1.82) is 0 Å². The molecule has 0 radical (unpaired) electrons. The van der Waals surface area contributed by atoms with Gasteiger partial charge in [0.05, 0.1) is 18.1 Å². The van der Waals surface area contributed by atoms with Crippen LogP contribution in [0.4, 0.5) is 10.5 Å². The highest BCUT2D eigenvalue weighted by atomic mass is 16.6. The molecule has 0 saturated heterocycles. The van der Waals surface area contributed by atoms with Gasteiger partial charge in [0.1, 0.15) is 11.9 Å². The lowest BCUT2D eigenvalue weighted by Gasteiger charge is -2.23. The Morgan fingerprint density at radius 3 is 2.52 bits per heavy atom. The molecule has 1 aromatic heterocycles. The van der Waals surface area contributed by atoms with E-state index in [0.29, 0.717) is 5.56 Å². The fraction of sp³-hybridized carbons (Fsp3) is 0.389. The second kappa shape index (κ2) is 8.59. The average Bonchev–Trinajstić information content (AvgIpc) is 3.13. The molecule has 29 heavy (non-hydrogen) atoms. The van der Waals surface area contributed by atoms with E-state index in [1.165, 1.54) is 19.2 Å². The maximum absolute atomic E-state index is 12.1. The first-order valence-electron chi connectivity index (χ1n) is 8.48. The summed E-state index contributed by atoms with van der Waals surface area (Å²) in [7, 11) is 1.23. The molecular weight excluding hydrogens is 386 g/mol. The summed E-state index contributed by atoms with van der Waals surface area (Å²) in [4.78, 5) is 38.6. The van der Waals surface area contributed by atoms with E-state index in [9.17, 15) is 19.7 Å². The molecule has 1 N–H and O–H groups in total. The van der Waals surface area contributed by atoms with Gasteiger partial charge >= 0.3 is 17.7 Å². The predicted octanol–water partition coefficient (Wildman–Crippen LogP) is 3.40. The van der Waals surface area contributed by atoms with Crippen molar-refractivity contribution in [2.24, 2.45) is 0 Å². The number of esters is 1. The maximum Gasteiger partial charge on any atom is 0.408 e. The molecule has 2 rings (SSSR count). The normalized spacial score (nSPS) is 12.0. The molecule has 156 valence electrons. The average molecular weight is 407 g/mol. The molecule has 11 nitrogen and oxygen atoms in total. The lowest BCUT2D eigenvalue weighted by molar-refractivity contribution is -0.386. The van der Waals surface area contributed by atoms with Crippen LogP contribution in [0.3, 0.4) is 0 Å². The topological polar surface area (TPSA) is 143 Å². The van der Waals surface area contributed by atoms with Crippen LogP contribution in [0, 0.1) is 10.1 Å². The van der Waals surface area contributed by atoms with Crippen molar-refractivity contribution < 1.29 is 33.1 Å². The molecular formula is C18H21N3O8. The molecule has 1 heterocycles. The smallest absolute Gasteiger partial charge is 0.408 e. The number of amides is 1. The number of hydrogen-bond donors (Lipinski definition) is 1. The minimum absolute atomic E-state index is 0.151. The van der Waals surface area contributed by atoms with Gasteiger partial charge in [-0.1, -0.05) is 0 Å². The SMILES string of the molecule is COc1c([C@H](C)NC(=O)OC(C)(C)C)ccc(OC(=O)c2cocn2)c1[N+](=O)[O-]. The molecule has 1 atom stereocenters. The van der Waals surface area contributed by atoms with E-state index in [1.807, 2.05) is 0 Å². The van der Waals surface area contributed by atoms with Crippen LogP contribution in [0.2, 0.25) is 0 Å². The minimum atomic E-state index is -0.934. The van der Waals surface area contributed by atoms with Crippen LogP contribution in [-0.4, -0.2) is 34.7 Å². The summed E-state index contributed by atoms with van der Waals surface area (Å²) >= 11 is 0. The number of hydrogen-bond acceptors (Lipinski definition) is 9. The second-order valence-electron chi connectivity index (χ2n) is 6.92. The third-order valence-corrected chi connectivity index (χ3v) is 3.56. The van der Waals surface area contributed by atoms with E-state index in [2.05, 4.69) is 10.3 Å². The summed E-state index contributed by atoms with van der Waals surface area (Å²) in [6.45, 7) is 6.73. The number of carbonyl (C=O) groups excluding carboxylic acids is 2. The van der Waals surface area contributed by atoms with Gasteiger partial charge in [0.15, 0.2) is 12.1 Å². The number of nitro benzene ring substituents is 1. The van der Waals surface area contributed by atoms with Gasteiger partial charge in [-0.2, -0.15) is 0 Å². The van der Waals surface area contributed by atoms with Crippen molar-refractivity contribution in [3.63, 3.8) is 0 Å². The molecule has 0 aliphatic rings. The third kappa shape index (κ3) is 5.43.